The highest BCUT2D eigenvalue weighted by atomic mass is 32.2. The number of hydrogen-bond acceptors (Lipinski definition) is 14. The number of ether oxygens (including phenoxy) is 2. The standard InChI is InChI=1S/C52H65FN2O10S.CO2/c1-29(34-13-11-33(12-14-34)23-43(60)31(3)55-47(63)30(2)22-38(57)9-8-10-42(59)32(4)66-7)21-37-17-15-35(27-54-37)48-64-46-25-41-40-18-16-36-24-39(58)19-20-49(36,5)51(40,53)44(61)26-50(41,6)52(46,65-48)45(62)28-56;2-1-3/h11-15,17,19-20,24,27,29-32,40-41,44,46,48,56,61H,8-10,16,18,21-23,25-26,28H2,1-7H3,(H,55,63);/t29-,30-,31+,32?,40+,41+,44+,46-,48-,49+,50+,51+,52-;/m1./s1. The molecule has 3 N–H and O–H groups in total. The lowest BCUT2D eigenvalue weighted by Crippen LogP contribution is -2.69. The molecule has 1 amide bonds. The molecule has 1 unspecified atom stereocenters. The molecular weight excluding hydrogens is 908 g/mol. The van der Waals surface area contributed by atoms with Gasteiger partial charge in [-0.3, -0.25) is 33.8 Å². The number of amides is 1. The summed E-state index contributed by atoms with van der Waals surface area (Å²) in [5, 5.41) is 24.8. The molecule has 4 aliphatic carbocycles. The molecule has 14 nitrogen and oxygen atoms in total. The first-order valence-corrected chi connectivity index (χ1v) is 25.1. The van der Waals surface area contributed by atoms with Gasteiger partial charge in [-0.25, -0.2) is 4.39 Å². The number of aliphatic hydroxyl groups excluding tert-OH is 2. The maximum atomic E-state index is 17.7. The van der Waals surface area contributed by atoms with E-state index in [2.05, 4.69) is 12.2 Å². The number of rotatable bonds is 19. The molecule has 1 aromatic carbocycles. The maximum absolute atomic E-state index is 17.7. The van der Waals surface area contributed by atoms with Crippen LogP contribution in [0.3, 0.4) is 0 Å². The third-order valence-electron chi connectivity index (χ3n) is 16.0. The monoisotopic (exact) mass is 972 g/mol. The van der Waals surface area contributed by atoms with Gasteiger partial charge < -0.3 is 25.0 Å². The van der Waals surface area contributed by atoms with Crippen LogP contribution in [0.2, 0.25) is 0 Å². The van der Waals surface area contributed by atoms with Crippen molar-refractivity contribution in [2.24, 2.45) is 28.6 Å². The Morgan fingerprint density at radius 1 is 1.00 bits per heavy atom. The Labute approximate surface area is 407 Å². The quantitative estimate of drug-likeness (QED) is 0.142. The fourth-order valence-corrected chi connectivity index (χ4v) is 12.3. The summed E-state index contributed by atoms with van der Waals surface area (Å²) in [6.07, 6.45) is 7.92. The van der Waals surface area contributed by atoms with Gasteiger partial charge in [0, 0.05) is 65.8 Å². The van der Waals surface area contributed by atoms with Gasteiger partial charge in [0.05, 0.1) is 23.5 Å². The zero-order valence-corrected chi connectivity index (χ0v) is 41.3. The van der Waals surface area contributed by atoms with Gasteiger partial charge in [0.2, 0.25) is 5.91 Å². The SMILES string of the molecule is CSC(C)C(=O)CCCC(=O)C[C@@H](C)C(=O)N[C@@H](C)C(=O)Cc1ccc([C@H](C)Cc2ccc([C@@H]3O[C@@H]4C[C@H]5[C@@H]6CCC7=CC(=O)C=C[C@]7(C)[C@@]6(F)[C@@H](O)C[C@]5(C)[C@]4(C(=O)CO)O3)cn2)cc1.O=C=O. The van der Waals surface area contributed by atoms with Crippen molar-refractivity contribution >= 4 is 52.7 Å². The van der Waals surface area contributed by atoms with E-state index in [9.17, 15) is 39.0 Å². The molecule has 1 aliphatic heterocycles. The van der Waals surface area contributed by atoms with E-state index in [0.29, 0.717) is 49.7 Å². The molecule has 0 radical (unpaired) electrons. The number of Topliss-reactive ketones (excluding diaryl/α,β-unsaturated/α-hetero) is 4. The number of pyridine rings is 1. The van der Waals surface area contributed by atoms with E-state index in [1.807, 2.05) is 56.5 Å². The van der Waals surface area contributed by atoms with Crippen LogP contribution >= 0.6 is 11.8 Å². The minimum Gasteiger partial charge on any atom is -0.390 e. The van der Waals surface area contributed by atoms with E-state index in [4.69, 9.17) is 24.0 Å². The van der Waals surface area contributed by atoms with Crippen LogP contribution in [-0.4, -0.2) is 104 Å². The fourth-order valence-electron chi connectivity index (χ4n) is 11.9. The number of fused-ring (bicyclic) bond motifs is 7. The summed E-state index contributed by atoms with van der Waals surface area (Å²) < 4.78 is 30.9. The molecule has 0 spiro atoms. The number of thioether (sulfide) groups is 1. The predicted molar refractivity (Wildman–Crippen MR) is 252 cm³/mol. The molecule has 2 aromatic rings. The largest absolute Gasteiger partial charge is 0.390 e. The van der Waals surface area contributed by atoms with Crippen LogP contribution in [0.4, 0.5) is 4.39 Å². The summed E-state index contributed by atoms with van der Waals surface area (Å²) in [4.78, 5) is 97.6. The topological polar surface area (TPSA) is 220 Å². The number of nitrogens with one attached hydrogen (secondary N) is 1. The first-order valence-electron chi connectivity index (χ1n) is 23.9. The average molecular weight is 973 g/mol. The fraction of sp³-hybridized carbons (Fsp3) is 0.585. The predicted octanol–water partition coefficient (Wildman–Crippen LogP) is 6.24. The Morgan fingerprint density at radius 2 is 1.70 bits per heavy atom. The molecule has 7 rings (SSSR count). The highest BCUT2D eigenvalue weighted by molar-refractivity contribution is 7.99. The van der Waals surface area contributed by atoms with Crippen LogP contribution in [0.5, 0.6) is 0 Å². The zero-order valence-electron chi connectivity index (χ0n) is 40.5. The van der Waals surface area contributed by atoms with Crippen molar-refractivity contribution in [1.82, 2.24) is 10.3 Å². The molecule has 2 heterocycles. The number of halogens is 1. The van der Waals surface area contributed by atoms with Gasteiger partial charge in [-0.15, -0.1) is 0 Å². The van der Waals surface area contributed by atoms with Crippen LogP contribution in [0.25, 0.3) is 0 Å². The van der Waals surface area contributed by atoms with Crippen molar-refractivity contribution in [3.63, 3.8) is 0 Å². The number of alkyl halides is 1. The van der Waals surface area contributed by atoms with Gasteiger partial charge in [-0.1, -0.05) is 62.8 Å². The third-order valence-corrected chi connectivity index (χ3v) is 17.0. The summed E-state index contributed by atoms with van der Waals surface area (Å²) in [5.41, 5.74) is -2.04. The molecule has 372 valence electrons. The second-order valence-corrected chi connectivity index (χ2v) is 21.3. The summed E-state index contributed by atoms with van der Waals surface area (Å²) in [5.74, 6) is -2.82. The first-order chi connectivity index (χ1) is 32.6. The summed E-state index contributed by atoms with van der Waals surface area (Å²) in [6, 6.07) is 10.7. The van der Waals surface area contributed by atoms with Crippen molar-refractivity contribution in [3.05, 3.63) is 88.8 Å². The van der Waals surface area contributed by atoms with Crippen molar-refractivity contribution < 1.29 is 62.4 Å². The Morgan fingerprint density at radius 3 is 2.33 bits per heavy atom. The van der Waals surface area contributed by atoms with Crippen molar-refractivity contribution in [2.75, 3.05) is 12.9 Å². The summed E-state index contributed by atoms with van der Waals surface area (Å²) in [6.45, 7) is 10.0. The van der Waals surface area contributed by atoms with Gasteiger partial charge in [-0.05, 0) is 107 Å². The molecule has 16 heteroatoms. The highest BCUT2D eigenvalue weighted by Crippen LogP contribution is 2.72. The van der Waals surface area contributed by atoms with Gasteiger partial charge in [0.25, 0.3) is 0 Å². The van der Waals surface area contributed by atoms with Crippen LogP contribution in [0.15, 0.2) is 66.4 Å². The lowest BCUT2D eigenvalue weighted by Gasteiger charge is -2.62. The van der Waals surface area contributed by atoms with E-state index in [-0.39, 0.29) is 72.0 Å². The van der Waals surface area contributed by atoms with Gasteiger partial charge >= 0.3 is 6.15 Å². The number of nitrogens with zero attached hydrogens (tertiary/aromatic N) is 1. The molecule has 1 aromatic heterocycles. The number of carbonyl (C=O) groups is 6. The van der Waals surface area contributed by atoms with Crippen LogP contribution in [-0.2, 0) is 60.7 Å². The Balaban J connectivity index is 0.00000254. The molecule has 1 saturated heterocycles. The van der Waals surface area contributed by atoms with Crippen LogP contribution < -0.4 is 5.32 Å². The number of ketones is 5. The lowest BCUT2D eigenvalue weighted by atomic mass is 9.44. The summed E-state index contributed by atoms with van der Waals surface area (Å²) in [7, 11) is 0. The molecule has 69 heavy (non-hydrogen) atoms. The molecule has 13 atom stereocenters. The first kappa shape index (κ1) is 53.5. The number of aromatic nitrogens is 1. The van der Waals surface area contributed by atoms with Crippen molar-refractivity contribution in [3.8, 4) is 0 Å². The molecule has 0 bridgehead atoms. The lowest BCUT2D eigenvalue weighted by molar-refractivity contribution is -0.231. The molecule has 5 aliphatic rings. The van der Waals surface area contributed by atoms with Gasteiger partial charge in [0.15, 0.2) is 34.9 Å². The van der Waals surface area contributed by atoms with E-state index < -0.39 is 76.8 Å². The van der Waals surface area contributed by atoms with E-state index >= 15 is 4.39 Å². The van der Waals surface area contributed by atoms with Gasteiger partial charge in [-0.2, -0.15) is 21.4 Å². The smallest absolute Gasteiger partial charge is 0.373 e. The number of hydrogen-bond donors (Lipinski definition) is 3. The minimum absolute atomic E-state index is 0.0530. The molecule has 4 fully saturated rings. The van der Waals surface area contributed by atoms with E-state index in [0.717, 1.165) is 16.8 Å². The number of allylic oxidation sites excluding steroid dienone is 4. The van der Waals surface area contributed by atoms with Crippen LogP contribution in [0, 0.1) is 28.6 Å². The van der Waals surface area contributed by atoms with Crippen LogP contribution in [0.1, 0.15) is 128 Å². The third kappa shape index (κ3) is 10.2. The number of carbonyl (C=O) groups excluding carboxylic acids is 8. The highest BCUT2D eigenvalue weighted by Gasteiger charge is 2.79. The van der Waals surface area contributed by atoms with E-state index in [1.54, 1.807) is 33.0 Å². The Kier molecular flexibility index (Phi) is 16.8. The molecular formula is C53H65FN2O12S. The van der Waals surface area contributed by atoms with Gasteiger partial charge in [0.1, 0.15) is 18.2 Å². The summed E-state index contributed by atoms with van der Waals surface area (Å²) >= 11 is 1.48. The van der Waals surface area contributed by atoms with Crippen molar-refractivity contribution in [1.29, 1.82) is 0 Å². The number of benzene rings is 1. The Bertz CT molecular complexity index is 2380. The zero-order chi connectivity index (χ0) is 50.6. The average Bonchev–Trinajstić information content (AvgIpc) is 3.82. The minimum atomic E-state index is -2.08. The van der Waals surface area contributed by atoms with Crippen molar-refractivity contribution in [2.45, 2.75) is 153 Å². The molecule has 3 saturated carbocycles. The second-order valence-electron chi connectivity index (χ2n) is 20.1. The Hall–Kier alpha value is -4.83. The normalized spacial score (nSPS) is 31.4. The number of aliphatic hydroxyl groups is 2. The maximum Gasteiger partial charge on any atom is 0.373 e. The second kappa shape index (κ2) is 21.7. The van der Waals surface area contributed by atoms with E-state index in [1.165, 1.54) is 23.9 Å².